The Morgan fingerprint density at radius 1 is 1.47 bits per heavy atom. The lowest BCUT2D eigenvalue weighted by molar-refractivity contribution is 0.219. The van der Waals surface area contributed by atoms with Gasteiger partial charge in [-0.1, -0.05) is 6.92 Å². The summed E-state index contributed by atoms with van der Waals surface area (Å²) in [5.74, 6) is 1.35. The minimum absolute atomic E-state index is 0.0788. The normalized spacial score (nSPS) is 16.6. The molecule has 0 saturated heterocycles. The fraction of sp³-hybridized carbons (Fsp3) is 0.667. The molecule has 0 aromatic carbocycles. The van der Waals surface area contributed by atoms with Crippen molar-refractivity contribution < 1.29 is 9.84 Å². The quantitative estimate of drug-likeness (QED) is 0.751. The molecule has 2 N–H and O–H groups in total. The first-order valence-corrected chi connectivity index (χ1v) is 6.07. The number of aliphatic hydroxyl groups excluding tert-OH is 1. The number of rotatable bonds is 7. The Hall–Kier alpha value is -1.36. The molecule has 0 bridgehead atoms. The van der Waals surface area contributed by atoms with E-state index in [-0.39, 0.29) is 12.0 Å². The summed E-state index contributed by atoms with van der Waals surface area (Å²) >= 11 is 0. The molecule has 1 aliphatic carbocycles. The molecule has 1 aromatic heterocycles. The molecular weight excluding hydrogens is 218 g/mol. The monoisotopic (exact) mass is 237 g/mol. The van der Waals surface area contributed by atoms with Gasteiger partial charge in [-0.2, -0.15) is 0 Å². The van der Waals surface area contributed by atoms with Crippen molar-refractivity contribution in [2.24, 2.45) is 5.41 Å². The number of nitrogens with one attached hydrogen (secondary N) is 1. The summed E-state index contributed by atoms with van der Waals surface area (Å²) in [6.45, 7) is 3.72. The highest BCUT2D eigenvalue weighted by molar-refractivity contribution is 5.37. The van der Waals surface area contributed by atoms with E-state index in [1.165, 1.54) is 6.33 Å². The Balaban J connectivity index is 1.87. The van der Waals surface area contributed by atoms with Gasteiger partial charge >= 0.3 is 0 Å². The Kier molecular flexibility index (Phi) is 3.78. The average molecular weight is 237 g/mol. The van der Waals surface area contributed by atoms with Gasteiger partial charge in [0.25, 0.3) is 0 Å². The summed E-state index contributed by atoms with van der Waals surface area (Å²) < 4.78 is 5.43. The second-order valence-electron chi connectivity index (χ2n) is 4.60. The number of aromatic nitrogens is 2. The van der Waals surface area contributed by atoms with Gasteiger partial charge in [0, 0.05) is 18.0 Å². The average Bonchev–Trinajstić information content (AvgIpc) is 3.15. The minimum atomic E-state index is 0.0788. The molecule has 94 valence electrons. The van der Waals surface area contributed by atoms with Gasteiger partial charge in [-0.05, 0) is 19.3 Å². The van der Waals surface area contributed by atoms with Crippen LogP contribution in [0, 0.1) is 5.41 Å². The van der Waals surface area contributed by atoms with Crippen LogP contribution in [0.25, 0.3) is 0 Å². The van der Waals surface area contributed by atoms with Crippen molar-refractivity contribution >= 4 is 5.82 Å². The molecule has 1 aromatic rings. The highest BCUT2D eigenvalue weighted by Crippen LogP contribution is 2.44. The topological polar surface area (TPSA) is 67.3 Å². The zero-order valence-corrected chi connectivity index (χ0v) is 10.1. The van der Waals surface area contributed by atoms with Crippen molar-refractivity contribution in [1.29, 1.82) is 0 Å². The molecule has 0 spiro atoms. The first-order valence-electron chi connectivity index (χ1n) is 6.07. The molecule has 0 radical (unpaired) electrons. The fourth-order valence-electron chi connectivity index (χ4n) is 1.57. The fourth-order valence-corrected chi connectivity index (χ4v) is 1.57. The van der Waals surface area contributed by atoms with Crippen molar-refractivity contribution in [3.63, 3.8) is 0 Å². The van der Waals surface area contributed by atoms with Crippen LogP contribution < -0.4 is 10.1 Å². The van der Waals surface area contributed by atoms with Gasteiger partial charge < -0.3 is 15.2 Å². The van der Waals surface area contributed by atoms with E-state index in [2.05, 4.69) is 22.2 Å². The Morgan fingerprint density at radius 3 is 2.94 bits per heavy atom. The van der Waals surface area contributed by atoms with Crippen molar-refractivity contribution in [3.05, 3.63) is 12.4 Å². The summed E-state index contributed by atoms with van der Waals surface area (Å²) in [5.41, 5.74) is 0.0788. The molecule has 1 heterocycles. The van der Waals surface area contributed by atoms with E-state index in [0.29, 0.717) is 12.5 Å². The van der Waals surface area contributed by atoms with Gasteiger partial charge in [0.2, 0.25) is 5.88 Å². The second-order valence-corrected chi connectivity index (χ2v) is 4.60. The van der Waals surface area contributed by atoms with Gasteiger partial charge in [0.1, 0.15) is 12.1 Å². The van der Waals surface area contributed by atoms with Gasteiger partial charge in [-0.15, -0.1) is 0 Å². The van der Waals surface area contributed by atoms with E-state index in [4.69, 9.17) is 4.74 Å². The van der Waals surface area contributed by atoms with E-state index in [1.807, 2.05) is 0 Å². The smallest absolute Gasteiger partial charge is 0.218 e. The van der Waals surface area contributed by atoms with Crippen LogP contribution >= 0.6 is 0 Å². The Bertz CT molecular complexity index is 367. The molecule has 1 fully saturated rings. The van der Waals surface area contributed by atoms with Crippen LogP contribution in [0.1, 0.15) is 26.2 Å². The molecule has 0 unspecified atom stereocenters. The molecule has 5 heteroatoms. The van der Waals surface area contributed by atoms with E-state index in [0.717, 1.165) is 31.6 Å². The molecule has 1 aliphatic rings. The van der Waals surface area contributed by atoms with Crippen LogP contribution in [-0.2, 0) is 0 Å². The molecule has 5 nitrogen and oxygen atoms in total. The number of hydrogen-bond donors (Lipinski definition) is 2. The number of hydrogen-bond acceptors (Lipinski definition) is 5. The maximum Gasteiger partial charge on any atom is 0.218 e. The third-order valence-electron chi connectivity index (χ3n) is 3.03. The summed E-state index contributed by atoms with van der Waals surface area (Å²) in [7, 11) is 0. The summed E-state index contributed by atoms with van der Waals surface area (Å²) in [5, 5.41) is 12.4. The summed E-state index contributed by atoms with van der Waals surface area (Å²) in [6.07, 6.45) is 4.62. The lowest BCUT2D eigenvalue weighted by atomic mass is 10.1. The summed E-state index contributed by atoms with van der Waals surface area (Å²) in [6, 6.07) is 1.79. The first-order chi connectivity index (χ1) is 8.28. The molecule has 1 saturated carbocycles. The first kappa shape index (κ1) is 12.1. The van der Waals surface area contributed by atoms with Crippen molar-refractivity contribution in [1.82, 2.24) is 9.97 Å². The van der Waals surface area contributed by atoms with E-state index in [1.54, 1.807) is 6.07 Å². The molecular formula is C12H19N3O2. The molecule has 0 aliphatic heterocycles. The van der Waals surface area contributed by atoms with Crippen molar-refractivity contribution in [2.75, 3.05) is 25.1 Å². The van der Waals surface area contributed by atoms with E-state index >= 15 is 0 Å². The molecule has 0 amide bonds. The van der Waals surface area contributed by atoms with Gasteiger partial charge in [-0.25, -0.2) is 9.97 Å². The number of aliphatic hydroxyl groups is 1. The van der Waals surface area contributed by atoms with E-state index < -0.39 is 0 Å². The maximum atomic E-state index is 9.21. The van der Waals surface area contributed by atoms with E-state index in [9.17, 15) is 5.11 Å². The third-order valence-corrected chi connectivity index (χ3v) is 3.03. The SMILES string of the molecule is CCCOc1cc(NCC2(CO)CC2)ncn1. The largest absolute Gasteiger partial charge is 0.478 e. The third kappa shape index (κ3) is 3.30. The minimum Gasteiger partial charge on any atom is -0.478 e. The van der Waals surface area contributed by atoms with Gasteiger partial charge in [0.15, 0.2) is 0 Å². The number of ether oxygens (including phenoxy) is 1. The van der Waals surface area contributed by atoms with Crippen LogP contribution in [0.3, 0.4) is 0 Å². The predicted molar refractivity (Wildman–Crippen MR) is 65.1 cm³/mol. The number of nitrogens with zero attached hydrogens (tertiary/aromatic N) is 2. The zero-order chi connectivity index (χ0) is 12.1. The maximum absolute atomic E-state index is 9.21. The second kappa shape index (κ2) is 5.31. The van der Waals surface area contributed by atoms with Crippen LogP contribution in [0.5, 0.6) is 5.88 Å². The van der Waals surface area contributed by atoms with Crippen LogP contribution in [0.4, 0.5) is 5.82 Å². The van der Waals surface area contributed by atoms with Crippen LogP contribution in [-0.4, -0.2) is 34.8 Å². The molecule has 2 rings (SSSR count). The highest BCUT2D eigenvalue weighted by atomic mass is 16.5. The van der Waals surface area contributed by atoms with Gasteiger partial charge in [-0.3, -0.25) is 0 Å². The van der Waals surface area contributed by atoms with Crippen molar-refractivity contribution in [2.45, 2.75) is 26.2 Å². The lowest BCUT2D eigenvalue weighted by Crippen LogP contribution is -2.19. The van der Waals surface area contributed by atoms with Crippen LogP contribution in [0.2, 0.25) is 0 Å². The standard InChI is InChI=1S/C12H19N3O2/c1-2-5-17-11-6-10(14-9-15-11)13-7-12(8-16)3-4-12/h6,9,16H,2-5,7-8H2,1H3,(H,13,14,15). The Labute approximate surface area is 101 Å². The number of anilines is 1. The predicted octanol–water partition coefficient (Wildman–Crippen LogP) is 1.45. The molecule has 0 atom stereocenters. The zero-order valence-electron chi connectivity index (χ0n) is 10.1. The summed E-state index contributed by atoms with van der Waals surface area (Å²) in [4.78, 5) is 8.16. The van der Waals surface area contributed by atoms with Crippen LogP contribution in [0.15, 0.2) is 12.4 Å². The van der Waals surface area contributed by atoms with Gasteiger partial charge in [0.05, 0.1) is 13.2 Å². The Morgan fingerprint density at radius 2 is 2.29 bits per heavy atom. The lowest BCUT2D eigenvalue weighted by Gasteiger charge is -2.13. The highest BCUT2D eigenvalue weighted by Gasteiger charge is 2.41. The van der Waals surface area contributed by atoms with Crippen molar-refractivity contribution in [3.8, 4) is 5.88 Å². The molecule has 17 heavy (non-hydrogen) atoms.